The largest absolute Gasteiger partial charge is 0.356 e. The molecule has 0 aliphatic rings. The molecule has 7 heteroatoms. The number of nitrogens with zero attached hydrogens (tertiary/aromatic N) is 4. The normalized spacial score (nSPS) is 10.8. The van der Waals surface area contributed by atoms with E-state index in [2.05, 4.69) is 20.3 Å². The zero-order valence-electron chi connectivity index (χ0n) is 13.3. The van der Waals surface area contributed by atoms with Crippen LogP contribution < -0.4 is 5.32 Å². The van der Waals surface area contributed by atoms with Gasteiger partial charge in [-0.3, -0.25) is 9.78 Å². The van der Waals surface area contributed by atoms with Crippen LogP contribution in [0.3, 0.4) is 0 Å². The molecular weight excluding hydrogens is 322 g/mol. The number of nitrogens with one attached hydrogen (secondary N) is 1. The first kappa shape index (κ1) is 16.4. The number of thioether (sulfide) groups is 1. The maximum atomic E-state index is 11.9. The van der Waals surface area contributed by atoms with Crippen molar-refractivity contribution < 1.29 is 4.79 Å². The Bertz CT molecular complexity index is 785. The molecule has 0 spiro atoms. The van der Waals surface area contributed by atoms with Crippen molar-refractivity contribution in [2.24, 2.45) is 0 Å². The van der Waals surface area contributed by atoms with Crippen LogP contribution in [0.15, 0.2) is 54.3 Å². The number of carbonyl (C=O) groups is 1. The molecule has 0 aliphatic heterocycles. The van der Waals surface area contributed by atoms with Crippen molar-refractivity contribution in [3.8, 4) is 0 Å². The van der Waals surface area contributed by atoms with Crippen molar-refractivity contribution in [2.75, 3.05) is 12.3 Å². The van der Waals surface area contributed by atoms with Gasteiger partial charge in [-0.2, -0.15) is 0 Å². The summed E-state index contributed by atoms with van der Waals surface area (Å²) in [6.45, 7) is 1.54. The summed E-state index contributed by atoms with van der Waals surface area (Å²) in [5, 5.41) is 4.91. The predicted octanol–water partition coefficient (Wildman–Crippen LogP) is 2.52. The summed E-state index contributed by atoms with van der Waals surface area (Å²) in [6.07, 6.45) is 10.4. The monoisotopic (exact) mass is 341 g/mol. The molecule has 0 radical (unpaired) electrons. The molecule has 0 bridgehead atoms. The Hall–Kier alpha value is -2.41. The van der Waals surface area contributed by atoms with Gasteiger partial charge >= 0.3 is 0 Å². The van der Waals surface area contributed by atoms with Crippen molar-refractivity contribution in [1.82, 2.24) is 24.8 Å². The van der Waals surface area contributed by atoms with E-state index in [0.717, 1.165) is 28.9 Å². The van der Waals surface area contributed by atoms with Crippen LogP contribution in [0.4, 0.5) is 0 Å². The van der Waals surface area contributed by atoms with Gasteiger partial charge in [-0.1, -0.05) is 0 Å². The van der Waals surface area contributed by atoms with Crippen LogP contribution in [-0.2, 0) is 11.3 Å². The number of hydrogen-bond acceptors (Lipinski definition) is 5. The number of aryl methyl sites for hydroxylation is 1. The van der Waals surface area contributed by atoms with Gasteiger partial charge in [-0.05, 0) is 24.6 Å². The molecule has 124 valence electrons. The maximum Gasteiger partial charge on any atom is 0.220 e. The van der Waals surface area contributed by atoms with Crippen molar-refractivity contribution >= 4 is 28.6 Å². The lowest BCUT2D eigenvalue weighted by Crippen LogP contribution is -2.25. The molecule has 0 saturated heterocycles. The van der Waals surface area contributed by atoms with Crippen molar-refractivity contribution in [2.45, 2.75) is 24.4 Å². The topological polar surface area (TPSA) is 72.7 Å². The molecule has 6 nitrogen and oxygen atoms in total. The Labute approximate surface area is 144 Å². The standard InChI is InChI=1S/C17H19N5OS/c23-16(20-7-2-10-22-11-9-18-13-22)5-12-24-17-14-3-1-6-19-15(14)4-8-21-17/h1,3-4,6,8-9,11,13H,2,5,7,10,12H2,(H,20,23). The van der Waals surface area contributed by atoms with E-state index in [1.54, 1.807) is 36.7 Å². The van der Waals surface area contributed by atoms with Crippen molar-refractivity contribution in [3.05, 3.63) is 49.3 Å². The average molecular weight is 341 g/mol. The molecule has 1 N–H and O–H groups in total. The summed E-state index contributed by atoms with van der Waals surface area (Å²) in [6, 6.07) is 5.81. The third kappa shape index (κ3) is 4.55. The molecule has 3 aromatic heterocycles. The second-order valence-electron chi connectivity index (χ2n) is 5.29. The molecule has 24 heavy (non-hydrogen) atoms. The van der Waals surface area contributed by atoms with Crippen LogP contribution >= 0.6 is 11.8 Å². The number of hydrogen-bond donors (Lipinski definition) is 1. The SMILES string of the molecule is O=C(CCSc1nccc2ncccc12)NCCCn1ccnc1. The molecule has 3 rings (SSSR count). The zero-order chi connectivity index (χ0) is 16.6. The number of amides is 1. The Morgan fingerprint density at radius 3 is 3.04 bits per heavy atom. The highest BCUT2D eigenvalue weighted by atomic mass is 32.2. The second kappa shape index (κ2) is 8.44. The number of rotatable bonds is 8. The maximum absolute atomic E-state index is 11.9. The van der Waals surface area contributed by atoms with E-state index in [-0.39, 0.29) is 5.91 Å². The minimum Gasteiger partial charge on any atom is -0.356 e. The number of carbonyl (C=O) groups excluding carboxylic acids is 1. The van der Waals surface area contributed by atoms with Gasteiger partial charge in [0.2, 0.25) is 5.91 Å². The van der Waals surface area contributed by atoms with Crippen molar-refractivity contribution in [3.63, 3.8) is 0 Å². The lowest BCUT2D eigenvalue weighted by atomic mass is 10.3. The minimum atomic E-state index is 0.0755. The Kier molecular flexibility index (Phi) is 5.79. The van der Waals surface area contributed by atoms with Gasteiger partial charge < -0.3 is 9.88 Å². The lowest BCUT2D eigenvalue weighted by Gasteiger charge is -2.06. The van der Waals surface area contributed by atoms with Gasteiger partial charge in [0.1, 0.15) is 5.03 Å². The third-order valence-corrected chi connectivity index (χ3v) is 4.54. The van der Waals surface area contributed by atoms with Crippen LogP contribution in [0.5, 0.6) is 0 Å². The quantitative estimate of drug-likeness (QED) is 0.503. The molecule has 0 aliphatic carbocycles. The van der Waals surface area contributed by atoms with E-state index < -0.39 is 0 Å². The van der Waals surface area contributed by atoms with Crippen LogP contribution in [0.25, 0.3) is 10.9 Å². The van der Waals surface area contributed by atoms with Gasteiger partial charge in [0.05, 0.1) is 11.8 Å². The number of pyridine rings is 2. The van der Waals surface area contributed by atoms with Gasteiger partial charge in [0.25, 0.3) is 0 Å². The molecule has 0 fully saturated rings. The lowest BCUT2D eigenvalue weighted by molar-refractivity contribution is -0.120. The molecule has 3 heterocycles. The fraction of sp³-hybridized carbons (Fsp3) is 0.294. The molecule has 0 unspecified atom stereocenters. The van der Waals surface area contributed by atoms with E-state index in [1.807, 2.05) is 29.0 Å². The summed E-state index contributed by atoms with van der Waals surface area (Å²) in [5.74, 6) is 0.778. The zero-order valence-corrected chi connectivity index (χ0v) is 14.1. The molecule has 0 aromatic carbocycles. The minimum absolute atomic E-state index is 0.0755. The fourth-order valence-electron chi connectivity index (χ4n) is 2.33. The number of fused-ring (bicyclic) bond motifs is 1. The average Bonchev–Trinajstić information content (AvgIpc) is 3.12. The first-order valence-corrected chi connectivity index (χ1v) is 8.86. The molecule has 3 aromatic rings. The van der Waals surface area contributed by atoms with Crippen LogP contribution in [0.2, 0.25) is 0 Å². The molecule has 1 amide bonds. The Morgan fingerprint density at radius 2 is 2.17 bits per heavy atom. The molecule has 0 saturated carbocycles. The summed E-state index contributed by atoms with van der Waals surface area (Å²) < 4.78 is 2.00. The van der Waals surface area contributed by atoms with Crippen LogP contribution in [0, 0.1) is 0 Å². The third-order valence-electron chi connectivity index (χ3n) is 3.54. The highest BCUT2D eigenvalue weighted by Crippen LogP contribution is 2.24. The van der Waals surface area contributed by atoms with E-state index in [9.17, 15) is 4.79 Å². The van der Waals surface area contributed by atoms with E-state index in [1.165, 1.54) is 0 Å². The first-order valence-electron chi connectivity index (χ1n) is 7.88. The fourth-order valence-corrected chi connectivity index (χ4v) is 3.27. The smallest absolute Gasteiger partial charge is 0.220 e. The predicted molar refractivity (Wildman–Crippen MR) is 94.7 cm³/mol. The summed E-state index contributed by atoms with van der Waals surface area (Å²) in [7, 11) is 0. The Balaban J connectivity index is 1.38. The highest BCUT2D eigenvalue weighted by Gasteiger charge is 2.06. The highest BCUT2D eigenvalue weighted by molar-refractivity contribution is 7.99. The van der Waals surface area contributed by atoms with E-state index in [0.29, 0.717) is 18.7 Å². The molecule has 0 atom stereocenters. The van der Waals surface area contributed by atoms with E-state index in [4.69, 9.17) is 0 Å². The second-order valence-corrected chi connectivity index (χ2v) is 6.37. The number of aromatic nitrogens is 4. The van der Waals surface area contributed by atoms with Crippen molar-refractivity contribution in [1.29, 1.82) is 0 Å². The number of imidazole rings is 1. The first-order chi connectivity index (χ1) is 11.8. The summed E-state index contributed by atoms with van der Waals surface area (Å²) in [4.78, 5) is 24.6. The van der Waals surface area contributed by atoms with Gasteiger partial charge in [-0.25, -0.2) is 9.97 Å². The van der Waals surface area contributed by atoms with Gasteiger partial charge in [0.15, 0.2) is 0 Å². The van der Waals surface area contributed by atoms with Gasteiger partial charge in [0, 0.05) is 55.4 Å². The van der Waals surface area contributed by atoms with Crippen LogP contribution in [0.1, 0.15) is 12.8 Å². The molecular formula is C17H19N5OS. The van der Waals surface area contributed by atoms with Crippen LogP contribution in [-0.4, -0.2) is 37.7 Å². The Morgan fingerprint density at radius 1 is 1.21 bits per heavy atom. The summed E-state index contributed by atoms with van der Waals surface area (Å²) >= 11 is 1.59. The van der Waals surface area contributed by atoms with E-state index >= 15 is 0 Å². The summed E-state index contributed by atoms with van der Waals surface area (Å²) in [5.41, 5.74) is 0.930. The van der Waals surface area contributed by atoms with Gasteiger partial charge in [-0.15, -0.1) is 11.8 Å².